The van der Waals surface area contributed by atoms with Crippen molar-refractivity contribution in [1.82, 2.24) is 15.2 Å². The Hall–Kier alpha value is -2.40. The van der Waals surface area contributed by atoms with Crippen LogP contribution in [0.5, 0.6) is 0 Å². The summed E-state index contributed by atoms with van der Waals surface area (Å²) in [6, 6.07) is 14.6. The van der Waals surface area contributed by atoms with Gasteiger partial charge in [0.25, 0.3) is 5.91 Å². The molecule has 166 valence electrons. The van der Waals surface area contributed by atoms with Crippen molar-refractivity contribution in [2.45, 2.75) is 44.9 Å². The fourth-order valence-electron chi connectivity index (χ4n) is 4.80. The minimum absolute atomic E-state index is 0.0124. The lowest BCUT2D eigenvalue weighted by molar-refractivity contribution is 0.0943. The SMILES string of the molecule is O=C(NCCN1CCC(CCc2ccccc2)CC1)c1ccnc(N2CCCCC2)c1. The highest BCUT2D eigenvalue weighted by molar-refractivity contribution is 5.94. The number of hydrogen-bond acceptors (Lipinski definition) is 4. The smallest absolute Gasteiger partial charge is 0.251 e. The number of hydrogen-bond donors (Lipinski definition) is 1. The number of aryl methyl sites for hydroxylation is 1. The Morgan fingerprint density at radius 3 is 2.55 bits per heavy atom. The predicted octanol–water partition coefficient (Wildman–Crippen LogP) is 4.15. The number of amides is 1. The fraction of sp³-hybridized carbons (Fsp3) is 0.538. The zero-order valence-corrected chi connectivity index (χ0v) is 18.6. The molecule has 0 atom stereocenters. The molecule has 5 nitrogen and oxygen atoms in total. The third kappa shape index (κ3) is 6.54. The molecule has 0 spiro atoms. The van der Waals surface area contributed by atoms with Crippen molar-refractivity contribution < 1.29 is 4.79 Å². The molecule has 2 fully saturated rings. The lowest BCUT2D eigenvalue weighted by Crippen LogP contribution is -2.39. The maximum Gasteiger partial charge on any atom is 0.251 e. The summed E-state index contributed by atoms with van der Waals surface area (Å²) in [4.78, 5) is 21.9. The lowest BCUT2D eigenvalue weighted by atomic mass is 9.90. The van der Waals surface area contributed by atoms with Gasteiger partial charge in [-0.15, -0.1) is 0 Å². The number of nitrogens with zero attached hydrogens (tertiary/aromatic N) is 3. The number of piperidine rings is 2. The molecule has 1 aromatic heterocycles. The van der Waals surface area contributed by atoms with Crippen LogP contribution in [0.2, 0.25) is 0 Å². The van der Waals surface area contributed by atoms with E-state index in [-0.39, 0.29) is 5.91 Å². The van der Waals surface area contributed by atoms with Crippen molar-refractivity contribution >= 4 is 11.7 Å². The van der Waals surface area contributed by atoms with Crippen molar-refractivity contribution in [1.29, 1.82) is 0 Å². The first-order chi connectivity index (χ1) is 15.3. The maximum atomic E-state index is 12.6. The van der Waals surface area contributed by atoms with Crippen LogP contribution in [0.15, 0.2) is 48.7 Å². The second kappa shape index (κ2) is 11.3. The lowest BCUT2D eigenvalue weighted by Gasteiger charge is -2.32. The maximum absolute atomic E-state index is 12.6. The first kappa shape index (κ1) is 21.8. The molecule has 31 heavy (non-hydrogen) atoms. The summed E-state index contributed by atoms with van der Waals surface area (Å²) < 4.78 is 0. The van der Waals surface area contributed by atoms with Crippen LogP contribution in [-0.4, -0.2) is 55.1 Å². The Kier molecular flexibility index (Phi) is 7.94. The van der Waals surface area contributed by atoms with Crippen LogP contribution in [-0.2, 0) is 6.42 Å². The zero-order chi connectivity index (χ0) is 21.3. The Morgan fingerprint density at radius 2 is 1.77 bits per heavy atom. The molecule has 0 unspecified atom stereocenters. The molecule has 4 rings (SSSR count). The van der Waals surface area contributed by atoms with Gasteiger partial charge in [0.1, 0.15) is 5.82 Å². The van der Waals surface area contributed by atoms with Gasteiger partial charge < -0.3 is 15.1 Å². The van der Waals surface area contributed by atoms with Crippen molar-refractivity contribution in [3.8, 4) is 0 Å². The third-order valence-corrected chi connectivity index (χ3v) is 6.79. The molecule has 1 amide bonds. The molecule has 2 aliphatic rings. The van der Waals surface area contributed by atoms with E-state index in [9.17, 15) is 4.79 Å². The van der Waals surface area contributed by atoms with E-state index >= 15 is 0 Å². The van der Waals surface area contributed by atoms with Crippen LogP contribution < -0.4 is 10.2 Å². The van der Waals surface area contributed by atoms with E-state index in [4.69, 9.17) is 0 Å². The summed E-state index contributed by atoms with van der Waals surface area (Å²) >= 11 is 0. The molecule has 1 aromatic carbocycles. The molecule has 0 aliphatic carbocycles. The Morgan fingerprint density at radius 1 is 1.00 bits per heavy atom. The first-order valence-corrected chi connectivity index (χ1v) is 12.0. The molecule has 2 aliphatic heterocycles. The third-order valence-electron chi connectivity index (χ3n) is 6.79. The standard InChI is InChI=1S/C26H36N4O/c31-26(24-11-14-27-25(21-24)30-16-5-2-6-17-30)28-15-20-29-18-12-23(13-19-29)10-9-22-7-3-1-4-8-22/h1,3-4,7-8,11,14,21,23H,2,5-6,9-10,12-13,15-20H2,(H,28,31). The Balaban J connectivity index is 1.15. The predicted molar refractivity (Wildman–Crippen MR) is 127 cm³/mol. The number of carbonyl (C=O) groups is 1. The first-order valence-electron chi connectivity index (χ1n) is 12.0. The van der Waals surface area contributed by atoms with Gasteiger partial charge in [0, 0.05) is 37.9 Å². The average molecular weight is 421 g/mol. The van der Waals surface area contributed by atoms with Crippen molar-refractivity contribution in [2.75, 3.05) is 44.2 Å². The van der Waals surface area contributed by atoms with Crippen LogP contribution in [0.1, 0.15) is 54.4 Å². The molecule has 2 saturated heterocycles. The highest BCUT2D eigenvalue weighted by Gasteiger charge is 2.19. The molecular weight excluding hydrogens is 384 g/mol. The number of anilines is 1. The van der Waals surface area contributed by atoms with Gasteiger partial charge >= 0.3 is 0 Å². The van der Waals surface area contributed by atoms with Crippen LogP contribution in [0, 0.1) is 5.92 Å². The topological polar surface area (TPSA) is 48.5 Å². The van der Waals surface area contributed by atoms with Gasteiger partial charge in [-0.25, -0.2) is 4.98 Å². The molecule has 2 aromatic rings. The molecule has 3 heterocycles. The average Bonchev–Trinajstić information content (AvgIpc) is 2.85. The zero-order valence-electron chi connectivity index (χ0n) is 18.6. The number of rotatable bonds is 8. The van der Waals surface area contributed by atoms with Gasteiger partial charge in [0.15, 0.2) is 0 Å². The summed E-state index contributed by atoms with van der Waals surface area (Å²) in [7, 11) is 0. The van der Waals surface area contributed by atoms with E-state index in [0.29, 0.717) is 6.54 Å². The normalized spacial score (nSPS) is 18.1. The molecule has 1 N–H and O–H groups in total. The van der Waals surface area contributed by atoms with Gasteiger partial charge in [-0.2, -0.15) is 0 Å². The summed E-state index contributed by atoms with van der Waals surface area (Å²) in [6.45, 7) is 6.00. The van der Waals surface area contributed by atoms with Crippen LogP contribution in [0.3, 0.4) is 0 Å². The van der Waals surface area contributed by atoms with Crippen LogP contribution in [0.25, 0.3) is 0 Å². The highest BCUT2D eigenvalue weighted by Crippen LogP contribution is 2.22. The molecule has 0 bridgehead atoms. The Labute approximate surface area is 186 Å². The number of aromatic nitrogens is 1. The number of likely N-dealkylation sites (tertiary alicyclic amines) is 1. The van der Waals surface area contributed by atoms with E-state index in [2.05, 4.69) is 50.4 Å². The summed E-state index contributed by atoms with van der Waals surface area (Å²) in [5.41, 5.74) is 2.17. The summed E-state index contributed by atoms with van der Waals surface area (Å²) in [5, 5.41) is 3.11. The largest absolute Gasteiger partial charge is 0.357 e. The minimum atomic E-state index is 0.0124. The van der Waals surface area contributed by atoms with Crippen LogP contribution >= 0.6 is 0 Å². The number of carbonyl (C=O) groups excluding carboxylic acids is 1. The highest BCUT2D eigenvalue weighted by atomic mass is 16.1. The Bertz CT molecular complexity index is 811. The summed E-state index contributed by atoms with van der Waals surface area (Å²) in [6.07, 6.45) is 10.5. The monoisotopic (exact) mass is 420 g/mol. The number of benzene rings is 1. The van der Waals surface area contributed by atoms with Gasteiger partial charge in [-0.05, 0) is 81.6 Å². The quantitative estimate of drug-likeness (QED) is 0.697. The van der Waals surface area contributed by atoms with E-state index in [1.54, 1.807) is 6.20 Å². The van der Waals surface area contributed by atoms with Crippen molar-refractivity contribution in [3.05, 3.63) is 59.8 Å². The minimum Gasteiger partial charge on any atom is -0.357 e. The van der Waals surface area contributed by atoms with E-state index in [1.807, 2.05) is 12.1 Å². The van der Waals surface area contributed by atoms with E-state index < -0.39 is 0 Å². The molecular formula is C26H36N4O. The van der Waals surface area contributed by atoms with Gasteiger partial charge in [0.05, 0.1) is 0 Å². The second-order valence-electron chi connectivity index (χ2n) is 9.02. The van der Waals surface area contributed by atoms with E-state index in [1.165, 1.54) is 50.5 Å². The second-order valence-corrected chi connectivity index (χ2v) is 9.02. The fourth-order valence-corrected chi connectivity index (χ4v) is 4.80. The van der Waals surface area contributed by atoms with Crippen LogP contribution in [0.4, 0.5) is 5.82 Å². The summed E-state index contributed by atoms with van der Waals surface area (Å²) in [5.74, 6) is 1.78. The van der Waals surface area contributed by atoms with Gasteiger partial charge in [-0.1, -0.05) is 30.3 Å². The molecule has 0 radical (unpaired) electrons. The molecule has 5 heteroatoms. The molecule has 0 saturated carbocycles. The number of nitrogens with one attached hydrogen (secondary N) is 1. The van der Waals surface area contributed by atoms with Gasteiger partial charge in [-0.3, -0.25) is 4.79 Å². The number of pyridine rings is 1. The van der Waals surface area contributed by atoms with E-state index in [0.717, 1.165) is 50.0 Å². The van der Waals surface area contributed by atoms with Crippen molar-refractivity contribution in [3.63, 3.8) is 0 Å². The van der Waals surface area contributed by atoms with Gasteiger partial charge in [0.2, 0.25) is 0 Å². The van der Waals surface area contributed by atoms with Crippen molar-refractivity contribution in [2.24, 2.45) is 5.92 Å².